The van der Waals surface area contributed by atoms with E-state index in [-0.39, 0.29) is 0 Å². The predicted octanol–water partition coefficient (Wildman–Crippen LogP) is 3.87. The van der Waals surface area contributed by atoms with Gasteiger partial charge in [-0.3, -0.25) is 0 Å². The van der Waals surface area contributed by atoms with Gasteiger partial charge in [-0.05, 0) is 55.5 Å². The Kier molecular flexibility index (Phi) is 3.97. The highest BCUT2D eigenvalue weighted by Crippen LogP contribution is 2.29. The molecule has 1 nitrogen and oxygen atoms in total. The van der Waals surface area contributed by atoms with Crippen molar-refractivity contribution in [1.82, 2.24) is 5.32 Å². The van der Waals surface area contributed by atoms with E-state index < -0.39 is 0 Å². The zero-order valence-electron chi connectivity index (χ0n) is 10.7. The molecule has 0 saturated heterocycles. The van der Waals surface area contributed by atoms with Crippen LogP contribution in [0.1, 0.15) is 18.1 Å². The van der Waals surface area contributed by atoms with E-state index in [0.717, 1.165) is 6.42 Å². The van der Waals surface area contributed by atoms with Crippen LogP contribution in [0.25, 0.3) is 10.4 Å². The van der Waals surface area contributed by atoms with Crippen LogP contribution in [-0.2, 0) is 6.42 Å². The minimum absolute atomic E-state index is 0.532. The molecule has 2 rings (SSSR count). The predicted molar refractivity (Wildman–Crippen MR) is 76.7 cm³/mol. The molecule has 0 aliphatic carbocycles. The molecule has 0 amide bonds. The molecule has 1 unspecified atom stereocenters. The first-order chi connectivity index (χ1) is 8.20. The van der Waals surface area contributed by atoms with Gasteiger partial charge in [0.25, 0.3) is 0 Å². The summed E-state index contributed by atoms with van der Waals surface area (Å²) in [6, 6.07) is 11.7. The normalized spacial score (nSPS) is 12.6. The second kappa shape index (κ2) is 5.48. The van der Waals surface area contributed by atoms with Crippen molar-refractivity contribution in [2.24, 2.45) is 0 Å². The summed E-state index contributed by atoms with van der Waals surface area (Å²) in [5.41, 5.74) is 4.09. The average molecular weight is 245 g/mol. The number of benzene rings is 1. The van der Waals surface area contributed by atoms with Crippen LogP contribution in [0.15, 0.2) is 35.7 Å². The van der Waals surface area contributed by atoms with Crippen molar-refractivity contribution in [3.05, 3.63) is 46.8 Å². The average Bonchev–Trinajstić information content (AvgIpc) is 2.76. The maximum Gasteiger partial charge on any atom is 0.0371 e. The Balaban J connectivity index is 2.16. The molecule has 0 bridgehead atoms. The Morgan fingerprint density at radius 1 is 1.18 bits per heavy atom. The maximum atomic E-state index is 3.27. The number of rotatable bonds is 4. The molecule has 0 aliphatic heterocycles. The summed E-state index contributed by atoms with van der Waals surface area (Å²) >= 11 is 1.81. The zero-order valence-corrected chi connectivity index (χ0v) is 11.5. The summed E-state index contributed by atoms with van der Waals surface area (Å²) in [6.45, 7) is 4.38. The monoisotopic (exact) mass is 245 g/mol. The summed E-state index contributed by atoms with van der Waals surface area (Å²) in [6.07, 6.45) is 1.08. The molecule has 17 heavy (non-hydrogen) atoms. The molecular weight excluding hydrogens is 226 g/mol. The SMILES string of the molecule is CNC(C)Cc1ccc(-c2sccc2C)cc1. The quantitative estimate of drug-likeness (QED) is 0.862. The lowest BCUT2D eigenvalue weighted by molar-refractivity contribution is 0.608. The Morgan fingerprint density at radius 3 is 2.41 bits per heavy atom. The maximum absolute atomic E-state index is 3.27. The summed E-state index contributed by atoms with van der Waals surface area (Å²) in [5, 5.41) is 5.42. The van der Waals surface area contributed by atoms with Gasteiger partial charge in [-0.15, -0.1) is 11.3 Å². The summed E-state index contributed by atoms with van der Waals surface area (Å²) in [7, 11) is 2.01. The molecule has 1 aromatic heterocycles. The fraction of sp³-hybridized carbons (Fsp3) is 0.333. The Hall–Kier alpha value is -1.12. The number of hydrogen-bond donors (Lipinski definition) is 1. The van der Waals surface area contributed by atoms with E-state index in [9.17, 15) is 0 Å². The van der Waals surface area contributed by atoms with Gasteiger partial charge in [-0.1, -0.05) is 24.3 Å². The third-order valence-corrected chi connectivity index (χ3v) is 4.18. The Labute approximate surface area is 108 Å². The van der Waals surface area contributed by atoms with Crippen molar-refractivity contribution in [2.45, 2.75) is 26.3 Å². The number of thiophene rings is 1. The number of likely N-dealkylation sites (N-methyl/N-ethyl adjacent to an activating group) is 1. The summed E-state index contributed by atoms with van der Waals surface area (Å²) in [5.74, 6) is 0. The molecule has 1 aromatic carbocycles. The molecule has 1 N–H and O–H groups in total. The van der Waals surface area contributed by atoms with Gasteiger partial charge in [0, 0.05) is 10.9 Å². The van der Waals surface area contributed by atoms with E-state index in [0.29, 0.717) is 6.04 Å². The van der Waals surface area contributed by atoms with Crippen molar-refractivity contribution in [1.29, 1.82) is 0 Å². The highest BCUT2D eigenvalue weighted by molar-refractivity contribution is 7.13. The van der Waals surface area contributed by atoms with Crippen molar-refractivity contribution < 1.29 is 0 Å². The lowest BCUT2D eigenvalue weighted by Crippen LogP contribution is -2.23. The molecule has 2 aromatic rings. The first kappa shape index (κ1) is 12.3. The van der Waals surface area contributed by atoms with E-state index in [1.165, 1.54) is 21.6 Å². The van der Waals surface area contributed by atoms with E-state index >= 15 is 0 Å². The largest absolute Gasteiger partial charge is 0.317 e. The molecule has 1 heterocycles. The van der Waals surface area contributed by atoms with E-state index in [1.54, 1.807) is 0 Å². The Bertz CT molecular complexity index is 470. The standard InChI is InChI=1S/C15H19NS/c1-11-8-9-17-15(11)14-6-4-13(5-7-14)10-12(2)16-3/h4-9,12,16H,10H2,1-3H3. The van der Waals surface area contributed by atoms with Crippen molar-refractivity contribution in [2.75, 3.05) is 7.05 Å². The minimum atomic E-state index is 0.532. The molecule has 0 aliphatic rings. The van der Waals surface area contributed by atoms with Crippen LogP contribution >= 0.6 is 11.3 Å². The van der Waals surface area contributed by atoms with Gasteiger partial charge in [-0.2, -0.15) is 0 Å². The van der Waals surface area contributed by atoms with Gasteiger partial charge < -0.3 is 5.32 Å². The summed E-state index contributed by atoms with van der Waals surface area (Å²) < 4.78 is 0. The number of hydrogen-bond acceptors (Lipinski definition) is 2. The zero-order chi connectivity index (χ0) is 12.3. The third kappa shape index (κ3) is 2.96. The molecule has 2 heteroatoms. The van der Waals surface area contributed by atoms with Crippen molar-refractivity contribution in [3.63, 3.8) is 0 Å². The van der Waals surface area contributed by atoms with Crippen molar-refractivity contribution >= 4 is 11.3 Å². The molecule has 0 saturated carbocycles. The highest BCUT2D eigenvalue weighted by atomic mass is 32.1. The van der Waals surface area contributed by atoms with Crippen LogP contribution in [0.3, 0.4) is 0 Å². The van der Waals surface area contributed by atoms with Crippen LogP contribution in [-0.4, -0.2) is 13.1 Å². The van der Waals surface area contributed by atoms with Crippen LogP contribution in [0.4, 0.5) is 0 Å². The fourth-order valence-corrected chi connectivity index (χ4v) is 2.85. The van der Waals surface area contributed by atoms with Gasteiger partial charge in [0.1, 0.15) is 0 Å². The van der Waals surface area contributed by atoms with Crippen LogP contribution in [0, 0.1) is 6.92 Å². The summed E-state index contributed by atoms with van der Waals surface area (Å²) in [4.78, 5) is 1.39. The van der Waals surface area contributed by atoms with E-state index in [4.69, 9.17) is 0 Å². The molecule has 0 spiro atoms. The van der Waals surface area contributed by atoms with Gasteiger partial charge in [-0.25, -0.2) is 0 Å². The van der Waals surface area contributed by atoms with Gasteiger partial charge >= 0.3 is 0 Å². The van der Waals surface area contributed by atoms with Gasteiger partial charge in [0.15, 0.2) is 0 Å². The smallest absolute Gasteiger partial charge is 0.0371 e. The lowest BCUT2D eigenvalue weighted by Gasteiger charge is -2.10. The molecule has 1 atom stereocenters. The first-order valence-electron chi connectivity index (χ1n) is 6.01. The van der Waals surface area contributed by atoms with Crippen LogP contribution in [0.2, 0.25) is 0 Å². The Morgan fingerprint density at radius 2 is 1.88 bits per heavy atom. The second-order valence-corrected chi connectivity index (χ2v) is 5.44. The molecule has 0 fully saturated rings. The van der Waals surface area contributed by atoms with E-state index in [2.05, 4.69) is 54.9 Å². The minimum Gasteiger partial charge on any atom is -0.317 e. The van der Waals surface area contributed by atoms with Gasteiger partial charge in [0.05, 0.1) is 0 Å². The number of nitrogens with one attached hydrogen (secondary N) is 1. The van der Waals surface area contributed by atoms with Gasteiger partial charge in [0.2, 0.25) is 0 Å². The molecular formula is C15H19NS. The van der Waals surface area contributed by atoms with Crippen LogP contribution in [0.5, 0.6) is 0 Å². The molecule has 90 valence electrons. The topological polar surface area (TPSA) is 12.0 Å². The first-order valence-corrected chi connectivity index (χ1v) is 6.89. The van der Waals surface area contributed by atoms with Crippen molar-refractivity contribution in [3.8, 4) is 10.4 Å². The third-order valence-electron chi connectivity index (χ3n) is 3.11. The van der Waals surface area contributed by atoms with E-state index in [1.807, 2.05) is 18.4 Å². The fourth-order valence-electron chi connectivity index (χ4n) is 1.92. The molecule has 0 radical (unpaired) electrons. The lowest BCUT2D eigenvalue weighted by atomic mass is 10.0. The second-order valence-electron chi connectivity index (χ2n) is 4.52. The highest BCUT2D eigenvalue weighted by Gasteiger charge is 2.04. The van der Waals surface area contributed by atoms with Crippen LogP contribution < -0.4 is 5.32 Å². The number of aryl methyl sites for hydroxylation is 1.